The van der Waals surface area contributed by atoms with Gasteiger partial charge in [-0.05, 0) is 36.3 Å². The first kappa shape index (κ1) is 17.9. The van der Waals surface area contributed by atoms with E-state index in [9.17, 15) is 9.32 Å². The van der Waals surface area contributed by atoms with Crippen LogP contribution >= 0.6 is 0 Å². The van der Waals surface area contributed by atoms with Gasteiger partial charge in [-0.3, -0.25) is 9.30 Å². The molecule has 2 aliphatic rings. The van der Waals surface area contributed by atoms with Crippen LogP contribution in [-0.2, 0) is 11.0 Å². The van der Waals surface area contributed by atoms with Crippen LogP contribution in [0.15, 0.2) is 93.7 Å². The normalized spacial score (nSPS) is 24.2. The van der Waals surface area contributed by atoms with E-state index in [0.29, 0.717) is 0 Å². The van der Waals surface area contributed by atoms with Gasteiger partial charge in [0.05, 0.1) is 17.4 Å². The van der Waals surface area contributed by atoms with E-state index >= 15 is 0 Å². The summed E-state index contributed by atoms with van der Waals surface area (Å²) in [5, 5.41) is 10.3. The topological polar surface area (TPSA) is 66.0 Å². The van der Waals surface area contributed by atoms with E-state index in [4.69, 9.17) is 9.41 Å². The maximum atomic E-state index is 13.3. The zero-order valence-electron chi connectivity index (χ0n) is 15.6. The number of phenolic OH excluding ortho intramolecular Hbond substituents is 1. The lowest BCUT2D eigenvalue weighted by Gasteiger charge is -2.32. The fourth-order valence-corrected chi connectivity index (χ4v) is 5.36. The number of phenols is 1. The molecule has 4 unspecified atom stereocenters. The molecule has 0 saturated heterocycles. The monoisotopic (exact) mass is 404 g/mol. The predicted octanol–water partition coefficient (Wildman–Crippen LogP) is 4.57. The Morgan fingerprint density at radius 2 is 1.86 bits per heavy atom. The molecule has 2 aliphatic heterocycles. The van der Waals surface area contributed by atoms with E-state index < -0.39 is 11.0 Å². The number of benzene rings is 2. The van der Waals surface area contributed by atoms with Crippen LogP contribution in [0, 0.1) is 5.92 Å². The molecule has 5 nitrogen and oxygen atoms in total. The maximum Gasteiger partial charge on any atom is 0.154 e. The van der Waals surface area contributed by atoms with Crippen molar-refractivity contribution in [3.05, 3.63) is 90.5 Å². The smallest absolute Gasteiger partial charge is 0.154 e. The Balaban J connectivity index is 1.53. The Morgan fingerprint density at radius 3 is 2.62 bits per heavy atom. The van der Waals surface area contributed by atoms with E-state index in [-0.39, 0.29) is 23.8 Å². The van der Waals surface area contributed by atoms with Crippen molar-refractivity contribution in [1.29, 1.82) is 0 Å². The molecule has 6 heteroatoms. The Hall–Kier alpha value is -3.12. The summed E-state index contributed by atoms with van der Waals surface area (Å²) >= 11 is 0. The molecule has 0 saturated carbocycles. The number of para-hydroxylation sites is 1. The second-order valence-corrected chi connectivity index (χ2v) is 8.63. The lowest BCUT2D eigenvalue weighted by atomic mass is 9.81. The van der Waals surface area contributed by atoms with E-state index in [1.54, 1.807) is 18.6 Å². The summed E-state index contributed by atoms with van der Waals surface area (Å²) in [5.74, 6) is 0.326. The van der Waals surface area contributed by atoms with Crippen LogP contribution in [-0.4, -0.2) is 26.0 Å². The lowest BCUT2D eigenvalue weighted by Crippen LogP contribution is -2.35. The zero-order valence-corrected chi connectivity index (χ0v) is 16.4. The van der Waals surface area contributed by atoms with Crippen molar-refractivity contribution in [3.63, 3.8) is 0 Å². The van der Waals surface area contributed by atoms with Gasteiger partial charge in [-0.2, -0.15) is 0 Å². The molecular formula is C23H20N2O3S. The molecule has 4 atom stereocenters. The van der Waals surface area contributed by atoms with E-state index in [0.717, 1.165) is 28.0 Å². The number of aromatic hydroxyl groups is 1. The van der Waals surface area contributed by atoms with Crippen LogP contribution in [0.5, 0.6) is 5.75 Å². The molecule has 0 fully saturated rings. The number of aliphatic imine (C=N–C) groups is 1. The third-order valence-electron chi connectivity index (χ3n) is 5.54. The highest BCUT2D eigenvalue weighted by Gasteiger charge is 2.42. The summed E-state index contributed by atoms with van der Waals surface area (Å²) in [4.78, 5) is 5.54. The van der Waals surface area contributed by atoms with Gasteiger partial charge in [0.1, 0.15) is 11.9 Å². The SMILES string of the molecule is O=S(c1ccccc1)N1C=C(c2ccoc2)C2CC(c3ccccc3O)C=NC21. The summed E-state index contributed by atoms with van der Waals surface area (Å²) in [6.45, 7) is 0. The highest BCUT2D eigenvalue weighted by molar-refractivity contribution is 7.82. The summed E-state index contributed by atoms with van der Waals surface area (Å²) in [6, 6.07) is 18.7. The number of hydrogen-bond acceptors (Lipinski definition) is 4. The van der Waals surface area contributed by atoms with Crippen LogP contribution in [0.25, 0.3) is 5.57 Å². The molecule has 0 bridgehead atoms. The molecule has 1 N–H and O–H groups in total. The molecule has 0 radical (unpaired) electrons. The fraction of sp³-hybridized carbons (Fsp3) is 0.174. The summed E-state index contributed by atoms with van der Waals surface area (Å²) in [5.41, 5.74) is 2.90. The third-order valence-corrected chi connectivity index (χ3v) is 6.92. The maximum absolute atomic E-state index is 13.3. The molecular weight excluding hydrogens is 384 g/mol. The number of furan rings is 1. The van der Waals surface area contributed by atoms with E-state index in [1.165, 1.54) is 0 Å². The quantitative estimate of drug-likeness (QED) is 0.693. The summed E-state index contributed by atoms with van der Waals surface area (Å²) in [7, 11) is -1.36. The minimum absolute atomic E-state index is 0.00198. The van der Waals surface area contributed by atoms with Crippen molar-refractivity contribution in [1.82, 2.24) is 4.31 Å². The van der Waals surface area contributed by atoms with Crippen LogP contribution in [0.3, 0.4) is 0 Å². The zero-order chi connectivity index (χ0) is 19.8. The largest absolute Gasteiger partial charge is 0.508 e. The van der Waals surface area contributed by atoms with Gasteiger partial charge in [0, 0.05) is 35.4 Å². The molecule has 0 aliphatic carbocycles. The van der Waals surface area contributed by atoms with Gasteiger partial charge in [0.2, 0.25) is 0 Å². The Bertz CT molecular complexity index is 1090. The number of fused-ring (bicyclic) bond motifs is 1. The highest BCUT2D eigenvalue weighted by atomic mass is 32.2. The van der Waals surface area contributed by atoms with Crippen molar-refractivity contribution in [3.8, 4) is 5.75 Å². The van der Waals surface area contributed by atoms with Gasteiger partial charge in [-0.25, -0.2) is 4.21 Å². The molecule has 3 heterocycles. The molecule has 1 aromatic heterocycles. The van der Waals surface area contributed by atoms with Crippen molar-refractivity contribution < 1.29 is 13.7 Å². The van der Waals surface area contributed by atoms with E-state index in [2.05, 4.69) is 0 Å². The number of rotatable bonds is 4. The molecule has 0 spiro atoms. The Labute approximate surface area is 171 Å². The fourth-order valence-electron chi connectivity index (χ4n) is 4.12. The first-order valence-corrected chi connectivity index (χ1v) is 10.6. The second-order valence-electron chi connectivity index (χ2n) is 7.24. The number of nitrogens with zero attached hydrogens (tertiary/aromatic N) is 2. The van der Waals surface area contributed by atoms with E-state index in [1.807, 2.05) is 71.3 Å². The molecule has 5 rings (SSSR count). The molecule has 29 heavy (non-hydrogen) atoms. The van der Waals surface area contributed by atoms with Crippen LogP contribution in [0.1, 0.15) is 23.5 Å². The molecule has 146 valence electrons. The standard InChI is InChI=1S/C23H20N2O3S/c26-22-9-5-4-8-19(22)17-12-20-21(16-10-11-28-15-16)14-25(23(20)24-13-17)29(27)18-6-2-1-3-7-18/h1-11,13-15,17,20,23,26H,12H2. The van der Waals surface area contributed by atoms with Gasteiger partial charge in [0.15, 0.2) is 11.0 Å². The lowest BCUT2D eigenvalue weighted by molar-refractivity contribution is 0.354. The Kier molecular flexibility index (Phi) is 4.56. The molecule has 0 amide bonds. The third kappa shape index (κ3) is 3.19. The number of hydrogen-bond donors (Lipinski definition) is 1. The first-order chi connectivity index (χ1) is 14.2. The second kappa shape index (κ2) is 7.37. The average molecular weight is 404 g/mol. The van der Waals surface area contributed by atoms with Crippen LogP contribution in [0.4, 0.5) is 0 Å². The van der Waals surface area contributed by atoms with Gasteiger partial charge >= 0.3 is 0 Å². The van der Waals surface area contributed by atoms with Crippen LogP contribution in [0.2, 0.25) is 0 Å². The van der Waals surface area contributed by atoms with Crippen molar-refractivity contribution in [2.45, 2.75) is 23.4 Å². The molecule has 2 aromatic carbocycles. The van der Waals surface area contributed by atoms with Crippen molar-refractivity contribution >= 4 is 22.8 Å². The predicted molar refractivity (Wildman–Crippen MR) is 113 cm³/mol. The summed E-state index contributed by atoms with van der Waals surface area (Å²) in [6.07, 6.45) is 7.72. The van der Waals surface area contributed by atoms with Gasteiger partial charge < -0.3 is 9.52 Å². The highest BCUT2D eigenvalue weighted by Crippen LogP contribution is 2.46. The van der Waals surface area contributed by atoms with Crippen molar-refractivity contribution in [2.24, 2.45) is 10.9 Å². The van der Waals surface area contributed by atoms with Gasteiger partial charge in [0.25, 0.3) is 0 Å². The van der Waals surface area contributed by atoms with Gasteiger partial charge in [-0.1, -0.05) is 36.4 Å². The first-order valence-electron chi connectivity index (χ1n) is 9.53. The minimum Gasteiger partial charge on any atom is -0.508 e. The Morgan fingerprint density at radius 1 is 1.07 bits per heavy atom. The summed E-state index contributed by atoms with van der Waals surface area (Å²) < 4.78 is 20.4. The molecule has 3 aromatic rings. The van der Waals surface area contributed by atoms with Crippen LogP contribution < -0.4 is 0 Å². The average Bonchev–Trinajstić information content (AvgIpc) is 3.42. The van der Waals surface area contributed by atoms with Gasteiger partial charge in [-0.15, -0.1) is 0 Å². The minimum atomic E-state index is -1.36. The van der Waals surface area contributed by atoms with Crippen molar-refractivity contribution in [2.75, 3.05) is 0 Å².